The van der Waals surface area contributed by atoms with Gasteiger partial charge in [-0.15, -0.1) is 0 Å². The van der Waals surface area contributed by atoms with Gasteiger partial charge in [-0.1, -0.05) is 0 Å². The van der Waals surface area contributed by atoms with Crippen LogP contribution in [0.5, 0.6) is 0 Å². The molecule has 0 unspecified atom stereocenters. The van der Waals surface area contributed by atoms with Crippen molar-refractivity contribution in [1.29, 1.82) is 0 Å². The van der Waals surface area contributed by atoms with E-state index in [0.29, 0.717) is 12.1 Å². The number of carbonyl (C=O) groups excluding carboxylic acids is 2. The van der Waals surface area contributed by atoms with E-state index >= 15 is 0 Å². The van der Waals surface area contributed by atoms with Crippen molar-refractivity contribution >= 4 is 17.6 Å². The van der Waals surface area contributed by atoms with E-state index in [2.05, 4.69) is 9.47 Å². The first kappa shape index (κ1) is 13.6. The molecule has 0 radical (unpaired) electrons. The summed E-state index contributed by atoms with van der Waals surface area (Å²) >= 11 is 0. The lowest BCUT2D eigenvalue weighted by Crippen LogP contribution is -2.13. The fourth-order valence-corrected chi connectivity index (χ4v) is 1.26. The number of carbonyl (C=O) groups is 2. The summed E-state index contributed by atoms with van der Waals surface area (Å²) in [5.74, 6) is -3.24. The van der Waals surface area contributed by atoms with Gasteiger partial charge < -0.3 is 9.47 Å². The maximum atomic E-state index is 13.3. The van der Waals surface area contributed by atoms with Crippen molar-refractivity contribution in [2.24, 2.45) is 0 Å². The first-order valence-corrected chi connectivity index (χ1v) is 4.57. The Morgan fingerprint density at radius 2 is 1.61 bits per heavy atom. The molecule has 0 amide bonds. The number of ether oxygens (including phenoxy) is 2. The average molecular weight is 257 g/mol. The van der Waals surface area contributed by atoms with Crippen LogP contribution in [-0.2, 0) is 9.47 Å². The van der Waals surface area contributed by atoms with Crippen LogP contribution < -0.4 is 0 Å². The SMILES string of the molecule is COC(=O)c1cc(F)c([N+](=O)[O-])cc1C(=O)OC. The van der Waals surface area contributed by atoms with Gasteiger partial charge in [0, 0.05) is 6.07 Å². The predicted octanol–water partition coefficient (Wildman–Crippen LogP) is 1.31. The minimum absolute atomic E-state index is 0.433. The summed E-state index contributed by atoms with van der Waals surface area (Å²) in [4.78, 5) is 32.2. The zero-order valence-electron chi connectivity index (χ0n) is 9.43. The number of methoxy groups -OCH3 is 2. The first-order chi connectivity index (χ1) is 8.42. The maximum absolute atomic E-state index is 13.3. The van der Waals surface area contributed by atoms with Gasteiger partial charge in [-0.05, 0) is 6.07 Å². The molecule has 0 aliphatic heterocycles. The Bertz CT molecular complexity index is 527. The van der Waals surface area contributed by atoms with Crippen molar-refractivity contribution in [2.75, 3.05) is 14.2 Å². The number of nitro groups is 1. The van der Waals surface area contributed by atoms with Gasteiger partial charge in [-0.25, -0.2) is 9.59 Å². The fraction of sp³-hybridized carbons (Fsp3) is 0.200. The molecule has 0 spiro atoms. The van der Waals surface area contributed by atoms with Gasteiger partial charge >= 0.3 is 17.6 Å². The molecule has 7 nitrogen and oxygen atoms in total. The number of nitrogens with zero attached hydrogens (tertiary/aromatic N) is 1. The smallest absolute Gasteiger partial charge is 0.338 e. The highest BCUT2D eigenvalue weighted by atomic mass is 19.1. The van der Waals surface area contributed by atoms with Crippen LogP contribution in [0.2, 0.25) is 0 Å². The Hall–Kier alpha value is -2.51. The lowest BCUT2D eigenvalue weighted by molar-refractivity contribution is -0.387. The molecule has 1 rings (SSSR count). The molecule has 0 fully saturated rings. The molecular formula is C10H8FNO6. The van der Waals surface area contributed by atoms with Gasteiger partial charge in [0.1, 0.15) is 0 Å². The van der Waals surface area contributed by atoms with E-state index in [-0.39, 0.29) is 0 Å². The molecule has 18 heavy (non-hydrogen) atoms. The van der Waals surface area contributed by atoms with Gasteiger partial charge in [0.2, 0.25) is 5.82 Å². The van der Waals surface area contributed by atoms with Crippen molar-refractivity contribution in [2.45, 2.75) is 0 Å². The van der Waals surface area contributed by atoms with E-state index in [1.807, 2.05) is 0 Å². The van der Waals surface area contributed by atoms with E-state index in [1.54, 1.807) is 0 Å². The molecule has 1 aromatic carbocycles. The third-order valence-electron chi connectivity index (χ3n) is 2.09. The zero-order valence-corrected chi connectivity index (χ0v) is 9.43. The number of halogens is 1. The number of nitro benzene ring substituents is 1. The van der Waals surface area contributed by atoms with Crippen LogP contribution in [0.3, 0.4) is 0 Å². The molecule has 1 aromatic rings. The Morgan fingerprint density at radius 1 is 1.17 bits per heavy atom. The Balaban J connectivity index is 3.51. The van der Waals surface area contributed by atoms with E-state index in [1.165, 1.54) is 0 Å². The summed E-state index contributed by atoms with van der Waals surface area (Å²) in [7, 11) is 2.06. The molecule has 0 saturated carbocycles. The molecule has 96 valence electrons. The first-order valence-electron chi connectivity index (χ1n) is 4.57. The van der Waals surface area contributed by atoms with Crippen LogP contribution in [0.4, 0.5) is 10.1 Å². The lowest BCUT2D eigenvalue weighted by atomic mass is 10.1. The van der Waals surface area contributed by atoms with Gasteiger partial charge in [-0.2, -0.15) is 4.39 Å². The number of hydrogen-bond acceptors (Lipinski definition) is 6. The highest BCUT2D eigenvalue weighted by Crippen LogP contribution is 2.23. The number of rotatable bonds is 3. The summed E-state index contributed by atoms with van der Waals surface area (Å²) in [6.45, 7) is 0. The van der Waals surface area contributed by atoms with Crippen LogP contribution in [0, 0.1) is 15.9 Å². The van der Waals surface area contributed by atoms with E-state index in [4.69, 9.17) is 0 Å². The monoisotopic (exact) mass is 257 g/mol. The van der Waals surface area contributed by atoms with E-state index < -0.39 is 39.5 Å². The van der Waals surface area contributed by atoms with Crippen molar-refractivity contribution in [3.63, 3.8) is 0 Å². The largest absolute Gasteiger partial charge is 0.465 e. The molecule has 0 N–H and O–H groups in total. The van der Waals surface area contributed by atoms with Crippen molar-refractivity contribution in [3.05, 3.63) is 39.2 Å². The van der Waals surface area contributed by atoms with Gasteiger partial charge in [0.15, 0.2) is 0 Å². The van der Waals surface area contributed by atoms with E-state index in [9.17, 15) is 24.1 Å². The molecule has 0 heterocycles. The second kappa shape index (κ2) is 5.21. The Labute approximate surface area is 100 Å². The van der Waals surface area contributed by atoms with Crippen LogP contribution in [-0.4, -0.2) is 31.1 Å². The van der Waals surface area contributed by atoms with Gasteiger partial charge in [0.25, 0.3) is 0 Å². The maximum Gasteiger partial charge on any atom is 0.338 e. The van der Waals surface area contributed by atoms with Crippen molar-refractivity contribution < 1.29 is 28.4 Å². The molecule has 8 heteroatoms. The summed E-state index contributed by atoms with van der Waals surface area (Å²) in [6, 6.07) is 1.20. The minimum Gasteiger partial charge on any atom is -0.465 e. The Kier molecular flexibility index (Phi) is 3.93. The highest BCUT2D eigenvalue weighted by molar-refractivity contribution is 6.03. The van der Waals surface area contributed by atoms with Gasteiger partial charge in [0.05, 0.1) is 30.3 Å². The zero-order chi connectivity index (χ0) is 13.9. The quantitative estimate of drug-likeness (QED) is 0.460. The molecule has 0 atom stereocenters. The van der Waals surface area contributed by atoms with Crippen molar-refractivity contribution in [1.82, 2.24) is 0 Å². The Morgan fingerprint density at radius 3 is 2.00 bits per heavy atom. The standard InChI is InChI=1S/C10H8FNO6/c1-17-9(13)5-3-7(11)8(12(15)16)4-6(5)10(14)18-2/h3-4H,1-2H3. The van der Waals surface area contributed by atoms with Crippen LogP contribution in [0.25, 0.3) is 0 Å². The van der Waals surface area contributed by atoms with Crippen molar-refractivity contribution in [3.8, 4) is 0 Å². The predicted molar refractivity (Wildman–Crippen MR) is 55.7 cm³/mol. The third kappa shape index (κ3) is 2.42. The minimum atomic E-state index is -1.24. The molecule has 0 bridgehead atoms. The normalized spacial score (nSPS) is 9.72. The second-order valence-corrected chi connectivity index (χ2v) is 3.09. The highest BCUT2D eigenvalue weighted by Gasteiger charge is 2.26. The van der Waals surface area contributed by atoms with Crippen LogP contribution >= 0.6 is 0 Å². The molecule has 0 saturated heterocycles. The molecule has 0 aliphatic rings. The van der Waals surface area contributed by atoms with Crippen LogP contribution in [0.1, 0.15) is 20.7 Å². The fourth-order valence-electron chi connectivity index (χ4n) is 1.26. The third-order valence-corrected chi connectivity index (χ3v) is 2.09. The number of esters is 2. The molecule has 0 aliphatic carbocycles. The summed E-state index contributed by atoms with van der Waals surface area (Å²) in [6.07, 6.45) is 0. The van der Waals surface area contributed by atoms with E-state index in [0.717, 1.165) is 14.2 Å². The average Bonchev–Trinajstić information content (AvgIpc) is 2.36. The topological polar surface area (TPSA) is 95.7 Å². The lowest BCUT2D eigenvalue weighted by Gasteiger charge is -2.06. The van der Waals surface area contributed by atoms with Crippen LogP contribution in [0.15, 0.2) is 12.1 Å². The summed E-state index contributed by atoms with van der Waals surface area (Å²) in [5, 5.41) is 10.5. The number of benzene rings is 1. The summed E-state index contributed by atoms with van der Waals surface area (Å²) < 4.78 is 22.0. The number of hydrogen-bond donors (Lipinski definition) is 0. The molecule has 0 aromatic heterocycles. The summed E-state index contributed by atoms with van der Waals surface area (Å²) in [5.41, 5.74) is -1.80. The van der Waals surface area contributed by atoms with Gasteiger partial charge in [-0.3, -0.25) is 10.1 Å². The second-order valence-electron chi connectivity index (χ2n) is 3.09. The molecular weight excluding hydrogens is 249 g/mol.